The molecule has 1 saturated heterocycles. The second-order valence-corrected chi connectivity index (χ2v) is 9.56. The Morgan fingerprint density at radius 2 is 2.03 bits per heavy atom. The van der Waals surface area contributed by atoms with Gasteiger partial charge in [0.05, 0.1) is 3.70 Å². The van der Waals surface area contributed by atoms with E-state index in [9.17, 15) is 4.79 Å². The predicted molar refractivity (Wildman–Crippen MR) is 128 cm³/mol. The Kier molecular flexibility index (Phi) is 6.11. The van der Waals surface area contributed by atoms with E-state index in [4.69, 9.17) is 0 Å². The Balaban J connectivity index is 1.67. The van der Waals surface area contributed by atoms with Crippen molar-refractivity contribution in [3.63, 3.8) is 0 Å². The van der Waals surface area contributed by atoms with E-state index in [1.165, 1.54) is 25.7 Å². The van der Waals surface area contributed by atoms with Crippen LogP contribution in [0.3, 0.4) is 0 Å². The zero-order chi connectivity index (χ0) is 20.7. The maximum absolute atomic E-state index is 12.6. The van der Waals surface area contributed by atoms with Crippen LogP contribution in [0.5, 0.6) is 0 Å². The van der Waals surface area contributed by atoms with Crippen molar-refractivity contribution < 1.29 is 4.79 Å². The number of amides is 2. The highest BCUT2D eigenvalue weighted by molar-refractivity contribution is 14.1. The number of aryl methyl sites for hydroxylation is 1. The van der Waals surface area contributed by atoms with Crippen LogP contribution in [0.2, 0.25) is 0 Å². The predicted octanol–water partition coefficient (Wildman–Crippen LogP) is 4.42. The van der Waals surface area contributed by atoms with Gasteiger partial charge >= 0.3 is 6.03 Å². The number of likely N-dealkylation sites (N-methyl/N-ethyl adjacent to an activating group) is 1. The van der Waals surface area contributed by atoms with Crippen molar-refractivity contribution in [2.45, 2.75) is 64.6 Å². The van der Waals surface area contributed by atoms with E-state index < -0.39 is 0 Å². The first-order valence-corrected chi connectivity index (χ1v) is 12.1. The average Bonchev–Trinajstić information content (AvgIpc) is 2.97. The number of piperidine rings is 1. The summed E-state index contributed by atoms with van der Waals surface area (Å²) in [6.45, 7) is 9.83. The molecule has 4 rings (SSSR count). The molecule has 6 heteroatoms. The number of likely N-dealkylation sites (tertiary alicyclic amines) is 1. The summed E-state index contributed by atoms with van der Waals surface area (Å²) in [5, 5.41) is 4.80. The van der Waals surface area contributed by atoms with E-state index in [2.05, 4.69) is 69.5 Å². The van der Waals surface area contributed by atoms with Gasteiger partial charge in [-0.05, 0) is 79.9 Å². The summed E-state index contributed by atoms with van der Waals surface area (Å²) in [6, 6.07) is 7.63. The number of carbonyl (C=O) groups excluding carboxylic acids is 1. The van der Waals surface area contributed by atoms with Gasteiger partial charge in [0, 0.05) is 55.1 Å². The molecule has 1 aliphatic carbocycles. The third kappa shape index (κ3) is 3.56. The zero-order valence-electron chi connectivity index (χ0n) is 18.0. The zero-order valence-corrected chi connectivity index (χ0v) is 20.2. The molecule has 5 nitrogen and oxygen atoms in total. The van der Waals surface area contributed by atoms with Crippen LogP contribution in [0, 0.1) is 3.70 Å². The standard InChI is InChI=1S/C23H33IN4O/c1-5-11-28-19-10-8-9-16-17-12-15(25-23(29)27(6-2)7-3)14-26(4)20(17)13-18(21(16)19)22(28)24/h8-10,15,17,20H,5-7,11-14H2,1-4H3,(H,25,29)/t15-,17+,20+/m0/s1. The third-order valence-electron chi connectivity index (χ3n) is 6.87. The first kappa shape index (κ1) is 21.0. The number of halogens is 1. The summed E-state index contributed by atoms with van der Waals surface area (Å²) in [4.78, 5) is 17.0. The second kappa shape index (κ2) is 8.46. The lowest BCUT2D eigenvalue weighted by Crippen LogP contribution is -2.56. The molecule has 0 spiro atoms. The molecule has 0 radical (unpaired) electrons. The maximum atomic E-state index is 12.6. The molecule has 158 valence electrons. The van der Waals surface area contributed by atoms with E-state index >= 15 is 0 Å². The summed E-state index contributed by atoms with van der Waals surface area (Å²) in [5.74, 6) is 0.472. The fraction of sp³-hybridized carbons (Fsp3) is 0.609. The highest BCUT2D eigenvalue weighted by Crippen LogP contribution is 2.45. The third-order valence-corrected chi connectivity index (χ3v) is 8.10. The first-order chi connectivity index (χ1) is 14.0. The molecule has 1 aromatic carbocycles. The van der Waals surface area contributed by atoms with Gasteiger partial charge in [0.25, 0.3) is 0 Å². The van der Waals surface area contributed by atoms with Gasteiger partial charge in [-0.3, -0.25) is 0 Å². The lowest BCUT2D eigenvalue weighted by Gasteiger charge is -2.46. The smallest absolute Gasteiger partial charge is 0.317 e. The lowest BCUT2D eigenvalue weighted by atomic mass is 9.74. The number of aromatic nitrogens is 1. The van der Waals surface area contributed by atoms with Crippen molar-refractivity contribution in [1.29, 1.82) is 0 Å². The molecule has 2 aromatic rings. The van der Waals surface area contributed by atoms with Gasteiger partial charge in [0.15, 0.2) is 0 Å². The van der Waals surface area contributed by atoms with Crippen molar-refractivity contribution in [3.05, 3.63) is 33.0 Å². The number of benzene rings is 1. The van der Waals surface area contributed by atoms with Gasteiger partial charge in [-0.25, -0.2) is 4.79 Å². The SMILES string of the molecule is CCCn1c(I)c2c3c(cccc31)[C@H]1C[C@H](NC(=O)N(CC)CC)CN(C)[C@@H]1C2. The van der Waals surface area contributed by atoms with Crippen LogP contribution in [-0.2, 0) is 13.0 Å². The number of carbonyl (C=O) groups is 1. The van der Waals surface area contributed by atoms with Crippen LogP contribution in [-0.4, -0.2) is 59.2 Å². The quantitative estimate of drug-likeness (QED) is 0.608. The van der Waals surface area contributed by atoms with Crippen molar-refractivity contribution in [3.8, 4) is 0 Å². The van der Waals surface area contributed by atoms with Crippen LogP contribution in [0.1, 0.15) is 50.7 Å². The summed E-state index contributed by atoms with van der Waals surface area (Å²) >= 11 is 2.56. The fourth-order valence-corrected chi connectivity index (χ4v) is 6.46. The maximum Gasteiger partial charge on any atom is 0.317 e. The molecule has 2 amide bonds. The summed E-state index contributed by atoms with van der Waals surface area (Å²) in [6.07, 6.45) is 3.28. The molecule has 1 aromatic heterocycles. The number of urea groups is 1. The Labute approximate surface area is 187 Å². The van der Waals surface area contributed by atoms with Crippen LogP contribution in [0.4, 0.5) is 4.79 Å². The highest BCUT2D eigenvalue weighted by atomic mass is 127. The van der Waals surface area contributed by atoms with Gasteiger partial charge < -0.3 is 19.7 Å². The number of hydrogen-bond acceptors (Lipinski definition) is 2. The Hall–Kier alpha value is -1.28. The topological polar surface area (TPSA) is 40.5 Å². The minimum Gasteiger partial charge on any atom is -0.336 e. The van der Waals surface area contributed by atoms with Gasteiger partial charge in [0.2, 0.25) is 0 Å². The summed E-state index contributed by atoms with van der Waals surface area (Å²) < 4.78 is 3.92. The van der Waals surface area contributed by atoms with Crippen LogP contribution >= 0.6 is 22.6 Å². The van der Waals surface area contributed by atoms with E-state index in [0.717, 1.165) is 45.4 Å². The highest BCUT2D eigenvalue weighted by Gasteiger charge is 2.41. The van der Waals surface area contributed by atoms with Crippen LogP contribution < -0.4 is 5.32 Å². The summed E-state index contributed by atoms with van der Waals surface area (Å²) in [7, 11) is 2.23. The number of nitrogens with one attached hydrogen (secondary N) is 1. The van der Waals surface area contributed by atoms with Gasteiger partial charge in [0.1, 0.15) is 0 Å². The van der Waals surface area contributed by atoms with Gasteiger partial charge in [-0.15, -0.1) is 0 Å². The Bertz CT molecular complexity index is 904. The molecule has 2 heterocycles. The second-order valence-electron chi connectivity index (χ2n) is 8.53. The minimum atomic E-state index is 0.0743. The summed E-state index contributed by atoms with van der Waals surface area (Å²) in [5.41, 5.74) is 4.40. The largest absolute Gasteiger partial charge is 0.336 e. The molecule has 2 aliphatic rings. The van der Waals surface area contributed by atoms with Gasteiger partial charge in [-0.1, -0.05) is 19.1 Å². The molecule has 3 atom stereocenters. The van der Waals surface area contributed by atoms with Gasteiger partial charge in [-0.2, -0.15) is 0 Å². The molecule has 1 N–H and O–H groups in total. The minimum absolute atomic E-state index is 0.0743. The molecule has 29 heavy (non-hydrogen) atoms. The molecular formula is C23H33IN4O. The van der Waals surface area contributed by atoms with Crippen LogP contribution in [0.15, 0.2) is 18.2 Å². The molecule has 1 aliphatic heterocycles. The molecule has 0 bridgehead atoms. The van der Waals surface area contributed by atoms with E-state index in [1.54, 1.807) is 0 Å². The lowest BCUT2D eigenvalue weighted by molar-refractivity contribution is 0.124. The van der Waals surface area contributed by atoms with Crippen molar-refractivity contribution in [2.24, 2.45) is 0 Å². The molecule has 0 saturated carbocycles. The molecule has 1 fully saturated rings. The monoisotopic (exact) mass is 508 g/mol. The average molecular weight is 508 g/mol. The molecular weight excluding hydrogens is 475 g/mol. The normalized spacial score (nSPS) is 23.8. The Morgan fingerprint density at radius 3 is 2.72 bits per heavy atom. The first-order valence-electron chi connectivity index (χ1n) is 11.0. The Morgan fingerprint density at radius 1 is 1.28 bits per heavy atom. The van der Waals surface area contributed by atoms with Crippen molar-refractivity contribution in [2.75, 3.05) is 26.7 Å². The van der Waals surface area contributed by atoms with E-state index in [-0.39, 0.29) is 12.1 Å². The number of fused-ring (bicyclic) bond motifs is 2. The van der Waals surface area contributed by atoms with E-state index in [1.807, 2.05) is 18.7 Å². The van der Waals surface area contributed by atoms with Crippen LogP contribution in [0.25, 0.3) is 10.9 Å². The number of rotatable bonds is 5. The van der Waals surface area contributed by atoms with Crippen molar-refractivity contribution in [1.82, 2.24) is 19.7 Å². The fourth-order valence-electron chi connectivity index (χ4n) is 5.47. The number of nitrogens with zero attached hydrogens (tertiary/aromatic N) is 3. The van der Waals surface area contributed by atoms with E-state index in [0.29, 0.717) is 12.0 Å². The number of hydrogen-bond donors (Lipinski definition) is 1. The van der Waals surface area contributed by atoms with Crippen molar-refractivity contribution >= 4 is 39.5 Å². The molecule has 0 unspecified atom stereocenters.